The van der Waals surface area contributed by atoms with E-state index in [4.69, 9.17) is 5.14 Å². The third-order valence-corrected chi connectivity index (χ3v) is 4.02. The minimum absolute atomic E-state index is 0.00546. The van der Waals surface area contributed by atoms with Crippen molar-refractivity contribution in [2.45, 2.75) is 0 Å². The molecule has 10 nitrogen and oxygen atoms in total. The average molecular weight is 334 g/mol. The Hall–Kier alpha value is -3.23. The molecule has 11 heteroatoms. The fourth-order valence-corrected chi connectivity index (χ4v) is 2.95. The molecule has 23 heavy (non-hydrogen) atoms. The summed E-state index contributed by atoms with van der Waals surface area (Å²) in [6, 6.07) is 0.936. The summed E-state index contributed by atoms with van der Waals surface area (Å²) in [7, 11) is -4.32. The molecule has 0 saturated heterocycles. The van der Waals surface area contributed by atoms with E-state index in [2.05, 4.69) is 22.1 Å². The molecule has 4 N–H and O–H groups in total. The van der Waals surface area contributed by atoms with Crippen LogP contribution in [-0.4, -0.2) is 23.3 Å². The second-order valence-corrected chi connectivity index (χ2v) is 6.04. The van der Waals surface area contributed by atoms with Crippen molar-refractivity contribution in [3.8, 4) is 0 Å². The summed E-state index contributed by atoms with van der Waals surface area (Å²) in [4.78, 5) is 37.1. The molecule has 1 heterocycles. The first-order valence-corrected chi connectivity index (χ1v) is 7.47. The Bertz CT molecular complexity index is 1150. The number of H-pyrrole nitrogens is 2. The summed E-state index contributed by atoms with van der Waals surface area (Å²) in [6.07, 6.45) is 5.95. The summed E-state index contributed by atoms with van der Waals surface area (Å²) in [6.45, 7) is 0. The fraction of sp³-hybridized carbons (Fsp3) is 0. The number of aromatic amines is 2. The van der Waals surface area contributed by atoms with E-state index in [9.17, 15) is 28.1 Å². The molecule has 0 fully saturated rings. The maximum Gasteiger partial charge on any atom is 0.389 e. The van der Waals surface area contributed by atoms with Crippen LogP contribution in [0, 0.1) is 22.3 Å². The molecule has 0 radical (unpaired) electrons. The highest BCUT2D eigenvalue weighted by molar-refractivity contribution is 7.98. The Morgan fingerprint density at radius 1 is 1.22 bits per heavy atom. The van der Waals surface area contributed by atoms with Crippen LogP contribution < -0.4 is 16.3 Å². The van der Waals surface area contributed by atoms with Crippen molar-refractivity contribution in [1.29, 1.82) is 0 Å². The predicted octanol–water partition coefficient (Wildman–Crippen LogP) is -0.722. The number of hydrogen-bond acceptors (Lipinski definition) is 6. The number of aromatic nitrogens is 2. The van der Waals surface area contributed by atoms with Crippen molar-refractivity contribution in [3.05, 3.63) is 66.2 Å². The third-order valence-electron chi connectivity index (χ3n) is 3.13. The first-order chi connectivity index (χ1) is 10.7. The number of nitro benzene ring substituents is 1. The number of nitrogens with two attached hydrogens (primary N) is 1. The quantitative estimate of drug-likeness (QED) is 0.283. The van der Waals surface area contributed by atoms with Gasteiger partial charge >= 0.3 is 42.9 Å². The Balaban J connectivity index is 2.58. The average Bonchev–Trinajstić information content (AvgIpc) is 2.46. The lowest BCUT2D eigenvalue weighted by Gasteiger charge is -2.00. The number of sulfonamides is 1. The van der Waals surface area contributed by atoms with Gasteiger partial charge in [-0.05, 0) is 0 Å². The van der Waals surface area contributed by atoms with Crippen LogP contribution in [0.3, 0.4) is 0 Å². The van der Waals surface area contributed by atoms with Gasteiger partial charge in [0.05, 0.1) is 16.5 Å². The highest BCUT2D eigenvalue weighted by atomic mass is 32.2. The Labute approximate surface area is 127 Å². The van der Waals surface area contributed by atoms with Gasteiger partial charge in [0.15, 0.2) is 0 Å². The first kappa shape index (κ1) is 14.7. The molecular weight excluding hydrogens is 328 g/mol. The lowest BCUT2D eigenvalue weighted by molar-refractivity contribution is -0.385. The molecule has 0 bridgehead atoms. The van der Waals surface area contributed by atoms with Crippen molar-refractivity contribution in [1.82, 2.24) is 9.97 Å². The van der Waals surface area contributed by atoms with Gasteiger partial charge in [-0.3, -0.25) is 19.7 Å². The van der Waals surface area contributed by atoms with Crippen molar-refractivity contribution in [2.24, 2.45) is 5.14 Å². The zero-order valence-electron chi connectivity index (χ0n) is 11.0. The second-order valence-electron chi connectivity index (χ2n) is 4.54. The maximum atomic E-state index is 11.7. The molecule has 0 saturated carbocycles. The van der Waals surface area contributed by atoms with E-state index in [0.717, 1.165) is 12.1 Å². The van der Waals surface area contributed by atoms with E-state index in [1.54, 1.807) is 0 Å². The third kappa shape index (κ3) is 2.22. The van der Waals surface area contributed by atoms with Crippen LogP contribution in [0.15, 0.2) is 21.7 Å². The zero-order valence-corrected chi connectivity index (χ0v) is 11.9. The molecular formula is C12H6N4O6S+2. The van der Waals surface area contributed by atoms with Gasteiger partial charge in [0.1, 0.15) is 5.52 Å². The van der Waals surface area contributed by atoms with Gasteiger partial charge in [-0.25, -0.2) is 13.6 Å². The standard InChI is InChI=1S/C12H4N4O6S/c13-23(21,22)8-3-1-2-5-9(8)7(16(19)20)4-6-10(5)15-12(18)11(17)14-6/h1,4H,(H2-2,13,14,15,17,18,21,22)/p+2. The number of nitrogens with zero attached hydrogens (tertiary/aromatic N) is 1. The van der Waals surface area contributed by atoms with Crippen LogP contribution in [0.5, 0.6) is 0 Å². The molecule has 0 spiro atoms. The normalized spacial score (nSPS) is 13.0. The number of primary sulfonamides is 1. The molecule has 1 aliphatic carbocycles. The number of benzene rings is 1. The van der Waals surface area contributed by atoms with Crippen molar-refractivity contribution in [3.63, 3.8) is 0 Å². The van der Waals surface area contributed by atoms with Crippen LogP contribution in [0.1, 0.15) is 11.1 Å². The molecule has 0 atom stereocenters. The molecule has 2 aromatic rings. The van der Waals surface area contributed by atoms with Crippen molar-refractivity contribution in [2.75, 3.05) is 0 Å². The van der Waals surface area contributed by atoms with E-state index in [1.807, 2.05) is 0 Å². The molecule has 1 aromatic carbocycles. The smallest absolute Gasteiger partial charge is 0.315 e. The summed E-state index contributed by atoms with van der Waals surface area (Å²) in [5, 5.41) is 16.3. The highest BCUT2D eigenvalue weighted by Crippen LogP contribution is 2.37. The predicted molar refractivity (Wildman–Crippen MR) is 78.5 cm³/mol. The summed E-state index contributed by atoms with van der Waals surface area (Å²) in [5.41, 5.74) is -3.09. The minimum Gasteiger partial charge on any atom is -0.315 e. The molecule has 1 aromatic heterocycles. The van der Waals surface area contributed by atoms with Crippen molar-refractivity contribution < 1.29 is 13.3 Å². The van der Waals surface area contributed by atoms with Crippen LogP contribution in [-0.2, 0) is 10.0 Å². The van der Waals surface area contributed by atoms with Gasteiger partial charge in [-0.1, -0.05) is 0 Å². The van der Waals surface area contributed by atoms with Gasteiger partial charge in [0.2, 0.25) is 12.2 Å². The molecule has 0 unspecified atom stereocenters. The van der Waals surface area contributed by atoms with E-state index in [1.165, 1.54) is 0 Å². The number of fused-ring (bicyclic) bond motifs is 3. The Morgan fingerprint density at radius 3 is 2.48 bits per heavy atom. The minimum atomic E-state index is -4.32. The number of hydrogen-bond donors (Lipinski definition) is 3. The van der Waals surface area contributed by atoms with Gasteiger partial charge < -0.3 is 9.97 Å². The van der Waals surface area contributed by atoms with Crippen LogP contribution >= 0.6 is 0 Å². The van der Waals surface area contributed by atoms with Crippen LogP contribution in [0.25, 0.3) is 15.9 Å². The van der Waals surface area contributed by atoms with Crippen molar-refractivity contribution >= 4 is 31.6 Å². The van der Waals surface area contributed by atoms with E-state index in [0.29, 0.717) is 0 Å². The van der Waals surface area contributed by atoms with Gasteiger partial charge in [0, 0.05) is 0 Å². The van der Waals surface area contributed by atoms with Gasteiger partial charge in [-0.15, -0.1) is 0 Å². The monoisotopic (exact) mass is 334 g/mol. The van der Waals surface area contributed by atoms with Gasteiger partial charge in [-0.2, -0.15) is 0 Å². The summed E-state index contributed by atoms with van der Waals surface area (Å²) >= 11 is 0. The largest absolute Gasteiger partial charge is 0.389 e. The molecule has 0 amide bonds. The van der Waals surface area contributed by atoms with E-state index in [-0.39, 0.29) is 22.2 Å². The molecule has 1 aliphatic rings. The van der Waals surface area contributed by atoms with Crippen LogP contribution in [0.4, 0.5) is 5.69 Å². The second kappa shape index (κ2) is 4.63. The Kier molecular flexibility index (Phi) is 2.96. The number of rotatable bonds is 2. The zero-order chi connectivity index (χ0) is 16.9. The van der Waals surface area contributed by atoms with Gasteiger partial charge in [0.25, 0.3) is 6.08 Å². The maximum absolute atomic E-state index is 11.7. The van der Waals surface area contributed by atoms with Crippen LogP contribution in [0.2, 0.25) is 0 Å². The lowest BCUT2D eigenvalue weighted by Crippen LogP contribution is -2.29. The number of allylic oxidation sites excluding steroid dienone is 2. The fourth-order valence-electron chi connectivity index (χ4n) is 2.24. The SMILES string of the molecule is NS(=O)(=O)C1=[C+]C=[C+]c2c1c([N+](=O)[O-])cc1[nH]c(=O)c(=O)[nH]c21. The molecule has 0 aliphatic heterocycles. The number of nitrogens with one attached hydrogen (secondary N) is 2. The topological polar surface area (TPSA) is 169 Å². The Morgan fingerprint density at radius 2 is 1.87 bits per heavy atom. The highest BCUT2D eigenvalue weighted by Gasteiger charge is 2.48. The molecule has 3 rings (SSSR count). The summed E-state index contributed by atoms with van der Waals surface area (Å²) < 4.78 is 23.3. The van der Waals surface area contributed by atoms with E-state index >= 15 is 0 Å². The van der Waals surface area contributed by atoms with E-state index < -0.39 is 36.7 Å². The summed E-state index contributed by atoms with van der Waals surface area (Å²) in [5.74, 6) is 0. The lowest BCUT2D eigenvalue weighted by atomic mass is 9.98. The first-order valence-electron chi connectivity index (χ1n) is 5.92. The molecule has 114 valence electrons. The number of nitro groups is 1.